The molecule has 0 aliphatic heterocycles. The van der Waals surface area contributed by atoms with Crippen molar-refractivity contribution in [2.45, 2.75) is 38.1 Å². The third-order valence-electron chi connectivity index (χ3n) is 3.39. The van der Waals surface area contributed by atoms with Gasteiger partial charge in [-0.05, 0) is 43.0 Å². The average Bonchev–Trinajstić information content (AvgIpc) is 2.75. The summed E-state index contributed by atoms with van der Waals surface area (Å²) in [7, 11) is 0. The fraction of sp³-hybridized carbons (Fsp3) is 0.467. The summed E-state index contributed by atoms with van der Waals surface area (Å²) in [5.41, 5.74) is 8.53. The Bertz CT molecular complexity index is 405. The van der Waals surface area contributed by atoms with Crippen LogP contribution in [0.15, 0.2) is 36.4 Å². The lowest BCUT2D eigenvalue weighted by Gasteiger charge is -2.24. The standard InChI is InChI=1S/C15H21NO/c1-12(2)11-17-14-7-5-6-13(10-14)15(16)8-3-4-9-15/h5-7,10H,1,3-4,8-9,11,16H2,2H3. The molecule has 1 aromatic carbocycles. The smallest absolute Gasteiger partial charge is 0.120 e. The van der Waals surface area contributed by atoms with Crippen molar-refractivity contribution in [3.05, 3.63) is 42.0 Å². The maximum Gasteiger partial charge on any atom is 0.120 e. The predicted molar refractivity (Wildman–Crippen MR) is 71.1 cm³/mol. The van der Waals surface area contributed by atoms with Crippen LogP contribution >= 0.6 is 0 Å². The molecule has 1 saturated carbocycles. The molecule has 0 unspecified atom stereocenters. The zero-order chi connectivity index (χ0) is 12.3. The molecular weight excluding hydrogens is 210 g/mol. The Kier molecular flexibility index (Phi) is 3.53. The first kappa shape index (κ1) is 12.2. The average molecular weight is 231 g/mol. The van der Waals surface area contributed by atoms with Gasteiger partial charge in [0.05, 0.1) is 0 Å². The first-order valence-corrected chi connectivity index (χ1v) is 6.27. The van der Waals surface area contributed by atoms with E-state index in [2.05, 4.69) is 18.7 Å². The summed E-state index contributed by atoms with van der Waals surface area (Å²) in [6.07, 6.45) is 4.62. The van der Waals surface area contributed by atoms with Crippen molar-refractivity contribution in [2.24, 2.45) is 5.73 Å². The Balaban J connectivity index is 2.13. The molecule has 2 rings (SSSR count). The van der Waals surface area contributed by atoms with Crippen LogP contribution in [0.4, 0.5) is 0 Å². The second-order valence-electron chi connectivity index (χ2n) is 5.14. The highest BCUT2D eigenvalue weighted by Gasteiger charge is 2.31. The minimum Gasteiger partial charge on any atom is -0.489 e. The molecule has 1 fully saturated rings. The van der Waals surface area contributed by atoms with Crippen LogP contribution in [0, 0.1) is 0 Å². The molecule has 1 aliphatic carbocycles. The minimum absolute atomic E-state index is 0.136. The number of ether oxygens (including phenoxy) is 1. The summed E-state index contributed by atoms with van der Waals surface area (Å²) in [6, 6.07) is 8.19. The summed E-state index contributed by atoms with van der Waals surface area (Å²) < 4.78 is 5.66. The number of hydrogen-bond donors (Lipinski definition) is 1. The minimum atomic E-state index is -0.136. The first-order valence-electron chi connectivity index (χ1n) is 6.27. The van der Waals surface area contributed by atoms with Crippen LogP contribution in [-0.4, -0.2) is 6.61 Å². The van der Waals surface area contributed by atoms with E-state index in [0.29, 0.717) is 6.61 Å². The van der Waals surface area contributed by atoms with Gasteiger partial charge < -0.3 is 10.5 Å². The monoisotopic (exact) mass is 231 g/mol. The van der Waals surface area contributed by atoms with Crippen LogP contribution in [-0.2, 0) is 5.54 Å². The van der Waals surface area contributed by atoms with Crippen molar-refractivity contribution in [1.29, 1.82) is 0 Å². The van der Waals surface area contributed by atoms with Gasteiger partial charge in [0.15, 0.2) is 0 Å². The van der Waals surface area contributed by atoms with Crippen LogP contribution < -0.4 is 10.5 Å². The SMILES string of the molecule is C=C(C)COc1cccc(C2(N)CCCC2)c1. The van der Waals surface area contributed by atoms with Crippen LogP contribution in [0.1, 0.15) is 38.2 Å². The number of rotatable bonds is 4. The Hall–Kier alpha value is -1.28. The molecule has 2 heteroatoms. The van der Waals surface area contributed by atoms with Crippen LogP contribution in [0.2, 0.25) is 0 Å². The zero-order valence-corrected chi connectivity index (χ0v) is 10.5. The first-order chi connectivity index (χ1) is 8.10. The van der Waals surface area contributed by atoms with Crippen molar-refractivity contribution in [1.82, 2.24) is 0 Å². The predicted octanol–water partition coefficient (Wildman–Crippen LogP) is 3.37. The molecule has 0 spiro atoms. The summed E-state index contributed by atoms with van der Waals surface area (Å²) in [5, 5.41) is 0. The number of benzene rings is 1. The summed E-state index contributed by atoms with van der Waals surface area (Å²) in [5.74, 6) is 0.891. The topological polar surface area (TPSA) is 35.2 Å². The van der Waals surface area contributed by atoms with Crippen molar-refractivity contribution in [2.75, 3.05) is 6.61 Å². The van der Waals surface area contributed by atoms with Crippen molar-refractivity contribution in [3.8, 4) is 5.75 Å². The van der Waals surface area contributed by atoms with E-state index in [1.165, 1.54) is 18.4 Å². The highest BCUT2D eigenvalue weighted by Crippen LogP contribution is 2.37. The maximum absolute atomic E-state index is 6.43. The van der Waals surface area contributed by atoms with Crippen molar-refractivity contribution >= 4 is 0 Å². The molecule has 0 aromatic heterocycles. The summed E-state index contributed by atoms with van der Waals surface area (Å²) >= 11 is 0. The van der Waals surface area contributed by atoms with E-state index >= 15 is 0 Å². The Morgan fingerprint density at radius 3 is 2.76 bits per heavy atom. The molecule has 0 atom stereocenters. The van der Waals surface area contributed by atoms with Crippen LogP contribution in [0.3, 0.4) is 0 Å². The van der Waals surface area contributed by atoms with Gasteiger partial charge in [-0.15, -0.1) is 0 Å². The lowest BCUT2D eigenvalue weighted by Crippen LogP contribution is -2.32. The fourth-order valence-electron chi connectivity index (χ4n) is 2.40. The molecule has 1 aromatic rings. The molecule has 0 amide bonds. The molecule has 2 nitrogen and oxygen atoms in total. The van der Waals surface area contributed by atoms with Gasteiger partial charge >= 0.3 is 0 Å². The van der Waals surface area contributed by atoms with Gasteiger partial charge in [-0.3, -0.25) is 0 Å². The number of nitrogens with two attached hydrogens (primary N) is 1. The molecule has 92 valence electrons. The number of hydrogen-bond acceptors (Lipinski definition) is 2. The Morgan fingerprint density at radius 1 is 1.41 bits per heavy atom. The van der Waals surface area contributed by atoms with Gasteiger partial charge in [-0.1, -0.05) is 31.6 Å². The Morgan fingerprint density at radius 2 is 2.12 bits per heavy atom. The van der Waals surface area contributed by atoms with E-state index in [1.807, 2.05) is 19.1 Å². The maximum atomic E-state index is 6.43. The molecule has 17 heavy (non-hydrogen) atoms. The fourth-order valence-corrected chi connectivity index (χ4v) is 2.40. The molecule has 0 heterocycles. The van der Waals surface area contributed by atoms with Crippen LogP contribution in [0.25, 0.3) is 0 Å². The summed E-state index contributed by atoms with van der Waals surface area (Å²) in [6.45, 7) is 6.37. The van der Waals surface area contributed by atoms with Gasteiger partial charge in [-0.2, -0.15) is 0 Å². The molecule has 0 radical (unpaired) electrons. The lowest BCUT2D eigenvalue weighted by molar-refractivity contribution is 0.350. The van der Waals surface area contributed by atoms with Gasteiger partial charge in [0, 0.05) is 5.54 Å². The third-order valence-corrected chi connectivity index (χ3v) is 3.39. The second-order valence-corrected chi connectivity index (χ2v) is 5.14. The van der Waals surface area contributed by atoms with Gasteiger partial charge in [0.1, 0.15) is 12.4 Å². The Labute approximate surface area is 103 Å². The van der Waals surface area contributed by atoms with Gasteiger partial charge in [0.25, 0.3) is 0 Å². The van der Waals surface area contributed by atoms with E-state index in [9.17, 15) is 0 Å². The van der Waals surface area contributed by atoms with E-state index in [4.69, 9.17) is 10.5 Å². The van der Waals surface area contributed by atoms with E-state index in [-0.39, 0.29) is 5.54 Å². The van der Waals surface area contributed by atoms with Gasteiger partial charge in [-0.25, -0.2) is 0 Å². The highest BCUT2D eigenvalue weighted by molar-refractivity contribution is 5.34. The molecule has 0 bridgehead atoms. The van der Waals surface area contributed by atoms with E-state index in [1.54, 1.807) is 0 Å². The van der Waals surface area contributed by atoms with Gasteiger partial charge in [0.2, 0.25) is 0 Å². The van der Waals surface area contributed by atoms with Crippen molar-refractivity contribution in [3.63, 3.8) is 0 Å². The highest BCUT2D eigenvalue weighted by atomic mass is 16.5. The molecular formula is C15H21NO. The van der Waals surface area contributed by atoms with Crippen LogP contribution in [0.5, 0.6) is 5.75 Å². The molecule has 1 aliphatic rings. The third kappa shape index (κ3) is 2.89. The second kappa shape index (κ2) is 4.92. The summed E-state index contributed by atoms with van der Waals surface area (Å²) in [4.78, 5) is 0. The molecule has 0 saturated heterocycles. The quantitative estimate of drug-likeness (QED) is 0.806. The lowest BCUT2D eigenvalue weighted by atomic mass is 9.89. The zero-order valence-electron chi connectivity index (χ0n) is 10.5. The van der Waals surface area contributed by atoms with Crippen molar-refractivity contribution < 1.29 is 4.74 Å². The largest absolute Gasteiger partial charge is 0.489 e. The van der Waals surface area contributed by atoms with E-state index < -0.39 is 0 Å². The van der Waals surface area contributed by atoms with E-state index in [0.717, 1.165) is 24.2 Å². The normalized spacial score (nSPS) is 18.0. The molecule has 2 N–H and O–H groups in total.